The van der Waals surface area contributed by atoms with Crippen LogP contribution in [0.25, 0.3) is 0 Å². The molecule has 3 heterocycles. The van der Waals surface area contributed by atoms with Crippen molar-refractivity contribution in [3.05, 3.63) is 29.5 Å². The standard InChI is InChI=1S/C13H14F3N5S/c1-9-8-20(5-6-21(9)12-18-4-7-22-12)11-17-3-2-10(19-11)13(14,15)16/h2-4,7,9H,5-6,8H2,1H3/t9-/m1/s1. The number of nitrogens with zero attached hydrogens (tertiary/aromatic N) is 5. The second-order valence-electron chi connectivity index (χ2n) is 5.04. The fraction of sp³-hybridized carbons (Fsp3) is 0.462. The Morgan fingerprint density at radius 1 is 1.23 bits per heavy atom. The van der Waals surface area contributed by atoms with Gasteiger partial charge in [0.25, 0.3) is 0 Å². The first-order chi connectivity index (χ1) is 10.4. The first-order valence-corrected chi connectivity index (χ1v) is 7.64. The van der Waals surface area contributed by atoms with Gasteiger partial charge in [-0.15, -0.1) is 11.3 Å². The second-order valence-corrected chi connectivity index (χ2v) is 5.92. The van der Waals surface area contributed by atoms with Crippen molar-refractivity contribution in [1.82, 2.24) is 15.0 Å². The summed E-state index contributed by atoms with van der Waals surface area (Å²) in [4.78, 5) is 15.8. The number of hydrogen-bond donors (Lipinski definition) is 0. The molecule has 0 radical (unpaired) electrons. The van der Waals surface area contributed by atoms with E-state index in [0.717, 1.165) is 17.4 Å². The van der Waals surface area contributed by atoms with E-state index >= 15 is 0 Å². The number of rotatable bonds is 2. The third-order valence-electron chi connectivity index (χ3n) is 3.51. The predicted octanol–water partition coefficient (Wildman–Crippen LogP) is 2.67. The van der Waals surface area contributed by atoms with Crippen molar-refractivity contribution >= 4 is 22.4 Å². The molecule has 0 saturated carbocycles. The molecule has 5 nitrogen and oxygen atoms in total. The number of thiazole rings is 1. The molecule has 0 bridgehead atoms. The largest absolute Gasteiger partial charge is 0.433 e. The minimum Gasteiger partial charge on any atom is -0.342 e. The van der Waals surface area contributed by atoms with Gasteiger partial charge in [-0.2, -0.15) is 13.2 Å². The summed E-state index contributed by atoms with van der Waals surface area (Å²) in [5.41, 5.74) is -0.910. The number of hydrogen-bond acceptors (Lipinski definition) is 6. The molecule has 22 heavy (non-hydrogen) atoms. The number of halogens is 3. The van der Waals surface area contributed by atoms with E-state index in [4.69, 9.17) is 0 Å². The summed E-state index contributed by atoms with van der Waals surface area (Å²) in [7, 11) is 0. The molecule has 118 valence electrons. The van der Waals surface area contributed by atoms with Crippen molar-refractivity contribution in [3.8, 4) is 0 Å². The molecule has 0 aliphatic carbocycles. The Hall–Kier alpha value is -1.90. The Kier molecular flexibility index (Phi) is 3.90. The Balaban J connectivity index is 1.75. The van der Waals surface area contributed by atoms with Gasteiger partial charge in [-0.05, 0) is 13.0 Å². The molecule has 0 aromatic carbocycles. The maximum atomic E-state index is 12.7. The first kappa shape index (κ1) is 15.0. The van der Waals surface area contributed by atoms with Gasteiger partial charge in [-0.3, -0.25) is 0 Å². The minimum absolute atomic E-state index is 0.123. The molecule has 2 aromatic rings. The van der Waals surface area contributed by atoms with Crippen LogP contribution < -0.4 is 9.80 Å². The van der Waals surface area contributed by atoms with Gasteiger partial charge < -0.3 is 9.80 Å². The van der Waals surface area contributed by atoms with Crippen molar-refractivity contribution in [2.24, 2.45) is 0 Å². The van der Waals surface area contributed by atoms with Gasteiger partial charge >= 0.3 is 6.18 Å². The third-order valence-corrected chi connectivity index (χ3v) is 4.32. The fourth-order valence-electron chi connectivity index (χ4n) is 2.44. The zero-order valence-electron chi connectivity index (χ0n) is 11.8. The summed E-state index contributed by atoms with van der Waals surface area (Å²) in [6, 6.07) is 1.01. The lowest BCUT2D eigenvalue weighted by Gasteiger charge is -2.39. The minimum atomic E-state index is -4.45. The van der Waals surface area contributed by atoms with Gasteiger partial charge in [0.15, 0.2) is 5.13 Å². The molecule has 0 amide bonds. The Bertz CT molecular complexity index is 631. The van der Waals surface area contributed by atoms with Crippen LogP contribution in [0.5, 0.6) is 0 Å². The molecule has 1 aliphatic heterocycles. The fourth-order valence-corrected chi connectivity index (χ4v) is 3.21. The van der Waals surface area contributed by atoms with Crippen molar-refractivity contribution < 1.29 is 13.2 Å². The molecule has 1 aliphatic rings. The van der Waals surface area contributed by atoms with Crippen LogP contribution in [0.3, 0.4) is 0 Å². The van der Waals surface area contributed by atoms with Crippen LogP contribution >= 0.6 is 11.3 Å². The molecule has 0 N–H and O–H groups in total. The van der Waals surface area contributed by atoms with Gasteiger partial charge in [0.1, 0.15) is 5.69 Å². The summed E-state index contributed by atoms with van der Waals surface area (Å²) >= 11 is 1.55. The Morgan fingerprint density at radius 2 is 2.05 bits per heavy atom. The van der Waals surface area contributed by atoms with Crippen LogP contribution in [0.1, 0.15) is 12.6 Å². The van der Waals surface area contributed by atoms with E-state index in [1.165, 1.54) is 0 Å². The first-order valence-electron chi connectivity index (χ1n) is 6.76. The van der Waals surface area contributed by atoms with Crippen LogP contribution in [0.15, 0.2) is 23.8 Å². The maximum Gasteiger partial charge on any atom is 0.433 e. The number of alkyl halides is 3. The molecule has 0 spiro atoms. The highest BCUT2D eigenvalue weighted by atomic mass is 32.1. The lowest BCUT2D eigenvalue weighted by atomic mass is 10.2. The van der Waals surface area contributed by atoms with Crippen molar-refractivity contribution in [2.75, 3.05) is 29.4 Å². The van der Waals surface area contributed by atoms with Crippen LogP contribution in [-0.4, -0.2) is 40.6 Å². The SMILES string of the molecule is C[C@@H]1CN(c2nccc(C(F)(F)F)n2)CCN1c1nccs1. The van der Waals surface area contributed by atoms with Gasteiger partial charge in [0, 0.05) is 43.4 Å². The normalized spacial score (nSPS) is 19.5. The molecule has 1 saturated heterocycles. The summed E-state index contributed by atoms with van der Waals surface area (Å²) in [5, 5.41) is 2.83. The summed E-state index contributed by atoms with van der Waals surface area (Å²) in [5.74, 6) is 0.125. The Morgan fingerprint density at radius 3 is 2.68 bits per heavy atom. The summed E-state index contributed by atoms with van der Waals surface area (Å²) in [6.45, 7) is 3.81. The quantitative estimate of drug-likeness (QED) is 0.848. The highest BCUT2D eigenvalue weighted by Crippen LogP contribution is 2.29. The molecule has 9 heteroatoms. The molecule has 3 rings (SSSR count). The van der Waals surface area contributed by atoms with E-state index in [0.29, 0.717) is 19.6 Å². The summed E-state index contributed by atoms with van der Waals surface area (Å²) in [6.07, 6.45) is -1.55. The molecule has 2 aromatic heterocycles. The van der Waals surface area contributed by atoms with Gasteiger partial charge in [0.2, 0.25) is 5.95 Å². The van der Waals surface area contributed by atoms with E-state index in [9.17, 15) is 13.2 Å². The highest BCUT2D eigenvalue weighted by molar-refractivity contribution is 7.13. The van der Waals surface area contributed by atoms with Gasteiger partial charge in [-0.1, -0.05) is 0 Å². The number of anilines is 2. The van der Waals surface area contributed by atoms with Crippen molar-refractivity contribution in [3.63, 3.8) is 0 Å². The van der Waals surface area contributed by atoms with E-state index in [1.807, 2.05) is 12.3 Å². The van der Waals surface area contributed by atoms with Crippen LogP contribution in [0.2, 0.25) is 0 Å². The lowest BCUT2D eigenvalue weighted by Crippen LogP contribution is -2.52. The zero-order chi connectivity index (χ0) is 15.7. The van der Waals surface area contributed by atoms with E-state index in [-0.39, 0.29) is 12.0 Å². The molecule has 0 unspecified atom stereocenters. The average Bonchev–Trinajstić information content (AvgIpc) is 3.00. The zero-order valence-corrected chi connectivity index (χ0v) is 12.6. The van der Waals surface area contributed by atoms with E-state index in [1.54, 1.807) is 22.4 Å². The Labute approximate surface area is 129 Å². The van der Waals surface area contributed by atoms with Gasteiger partial charge in [-0.25, -0.2) is 15.0 Å². The average molecular weight is 329 g/mol. The second kappa shape index (κ2) is 5.71. The predicted molar refractivity (Wildman–Crippen MR) is 78.2 cm³/mol. The molecule has 1 atom stereocenters. The number of piperazine rings is 1. The van der Waals surface area contributed by atoms with E-state index < -0.39 is 11.9 Å². The molecular weight excluding hydrogens is 315 g/mol. The van der Waals surface area contributed by atoms with Crippen molar-refractivity contribution in [1.29, 1.82) is 0 Å². The molecule has 1 fully saturated rings. The van der Waals surface area contributed by atoms with E-state index in [2.05, 4.69) is 19.9 Å². The topological polar surface area (TPSA) is 45.2 Å². The van der Waals surface area contributed by atoms with Crippen LogP contribution in [0.4, 0.5) is 24.3 Å². The number of aromatic nitrogens is 3. The van der Waals surface area contributed by atoms with Crippen LogP contribution in [0, 0.1) is 0 Å². The lowest BCUT2D eigenvalue weighted by molar-refractivity contribution is -0.141. The van der Waals surface area contributed by atoms with Crippen LogP contribution in [-0.2, 0) is 6.18 Å². The van der Waals surface area contributed by atoms with Gasteiger partial charge in [0.05, 0.1) is 0 Å². The highest BCUT2D eigenvalue weighted by Gasteiger charge is 2.34. The smallest absolute Gasteiger partial charge is 0.342 e. The van der Waals surface area contributed by atoms with Crippen molar-refractivity contribution in [2.45, 2.75) is 19.1 Å². The maximum absolute atomic E-state index is 12.7. The molecular formula is C13H14F3N5S. The monoisotopic (exact) mass is 329 g/mol. The third kappa shape index (κ3) is 2.99. The summed E-state index contributed by atoms with van der Waals surface area (Å²) < 4.78 is 38.2.